The number of carbonyl (C=O) groups excluding carboxylic acids is 1. The van der Waals surface area contributed by atoms with E-state index >= 15 is 0 Å². The summed E-state index contributed by atoms with van der Waals surface area (Å²) in [5.74, 6) is 0.573. The second-order valence-electron chi connectivity index (χ2n) is 4.06. The highest BCUT2D eigenvalue weighted by molar-refractivity contribution is 5.71. The van der Waals surface area contributed by atoms with Crippen molar-refractivity contribution in [2.75, 3.05) is 13.2 Å². The number of hydrogen-bond donors (Lipinski definition) is 1. The fourth-order valence-corrected chi connectivity index (χ4v) is 1.45. The van der Waals surface area contributed by atoms with Gasteiger partial charge in [-0.1, -0.05) is 13.8 Å². The average molecular weight is 186 g/mol. The molecule has 0 unspecified atom stereocenters. The summed E-state index contributed by atoms with van der Waals surface area (Å²) in [6, 6.07) is 0. The molecular weight excluding hydrogens is 168 g/mol. The Bertz CT molecular complexity index is 175. The molecule has 0 aromatic carbocycles. The molecule has 0 radical (unpaired) electrons. The van der Waals surface area contributed by atoms with E-state index in [1.165, 1.54) is 0 Å². The predicted molar refractivity (Wildman–Crippen MR) is 49.1 cm³/mol. The van der Waals surface area contributed by atoms with Gasteiger partial charge in [-0.05, 0) is 24.7 Å². The van der Waals surface area contributed by atoms with Gasteiger partial charge in [0, 0.05) is 6.61 Å². The Balaban J connectivity index is 2.16. The predicted octanol–water partition coefficient (Wildman–Crippen LogP) is 1.20. The zero-order valence-corrected chi connectivity index (χ0v) is 8.32. The van der Waals surface area contributed by atoms with E-state index in [-0.39, 0.29) is 18.5 Å². The maximum absolute atomic E-state index is 11.1. The molecule has 1 rings (SSSR count). The Morgan fingerprint density at radius 3 is 2.46 bits per heavy atom. The van der Waals surface area contributed by atoms with Gasteiger partial charge in [-0.25, -0.2) is 0 Å². The molecule has 0 saturated heterocycles. The summed E-state index contributed by atoms with van der Waals surface area (Å²) in [7, 11) is 0. The first kappa shape index (κ1) is 10.5. The van der Waals surface area contributed by atoms with E-state index < -0.39 is 0 Å². The standard InChI is InChI=1S/C10H18O3/c1-7(2)10(12)13-6-9-4-3-8(9)5-11/h7-9,11H,3-6H2,1-2H3/t8-,9+/m0/s1. The second-order valence-corrected chi connectivity index (χ2v) is 4.06. The molecule has 1 fully saturated rings. The summed E-state index contributed by atoms with van der Waals surface area (Å²) in [4.78, 5) is 11.1. The SMILES string of the molecule is CC(C)C(=O)OC[C@H]1CC[C@H]1CO. The van der Waals surface area contributed by atoms with E-state index in [4.69, 9.17) is 9.84 Å². The van der Waals surface area contributed by atoms with E-state index in [1.54, 1.807) is 0 Å². The lowest BCUT2D eigenvalue weighted by Crippen LogP contribution is -2.33. The molecule has 3 nitrogen and oxygen atoms in total. The van der Waals surface area contributed by atoms with Crippen LogP contribution in [0.3, 0.4) is 0 Å². The third kappa shape index (κ3) is 2.69. The van der Waals surface area contributed by atoms with Crippen LogP contribution in [0.4, 0.5) is 0 Å². The van der Waals surface area contributed by atoms with Crippen molar-refractivity contribution < 1.29 is 14.6 Å². The maximum Gasteiger partial charge on any atom is 0.308 e. The molecular formula is C10H18O3. The maximum atomic E-state index is 11.1. The van der Waals surface area contributed by atoms with Gasteiger partial charge in [0.1, 0.15) is 0 Å². The molecule has 0 spiro atoms. The summed E-state index contributed by atoms with van der Waals surface area (Å²) in [6.45, 7) is 4.37. The fourth-order valence-electron chi connectivity index (χ4n) is 1.45. The Morgan fingerprint density at radius 2 is 2.08 bits per heavy atom. The summed E-state index contributed by atoms with van der Waals surface area (Å²) in [6.07, 6.45) is 2.15. The molecule has 0 aromatic rings. The number of esters is 1. The molecule has 0 amide bonds. The first-order valence-electron chi connectivity index (χ1n) is 4.92. The van der Waals surface area contributed by atoms with Crippen LogP contribution < -0.4 is 0 Å². The van der Waals surface area contributed by atoms with Crippen molar-refractivity contribution in [2.45, 2.75) is 26.7 Å². The number of carbonyl (C=O) groups is 1. The zero-order valence-electron chi connectivity index (χ0n) is 8.32. The first-order valence-corrected chi connectivity index (χ1v) is 4.92. The van der Waals surface area contributed by atoms with Gasteiger partial charge in [-0.15, -0.1) is 0 Å². The van der Waals surface area contributed by atoms with Crippen LogP contribution in [-0.2, 0) is 9.53 Å². The third-order valence-corrected chi connectivity index (χ3v) is 2.72. The quantitative estimate of drug-likeness (QED) is 0.671. The number of hydrogen-bond acceptors (Lipinski definition) is 3. The normalized spacial score (nSPS) is 27.1. The molecule has 0 aromatic heterocycles. The number of aliphatic hydroxyl groups is 1. The van der Waals surface area contributed by atoms with Crippen molar-refractivity contribution in [1.29, 1.82) is 0 Å². The summed E-state index contributed by atoms with van der Waals surface area (Å²) < 4.78 is 5.09. The van der Waals surface area contributed by atoms with E-state index in [1.807, 2.05) is 13.8 Å². The molecule has 76 valence electrons. The zero-order chi connectivity index (χ0) is 9.84. The van der Waals surface area contributed by atoms with Crippen LogP contribution in [0.1, 0.15) is 26.7 Å². The van der Waals surface area contributed by atoms with E-state index in [0.29, 0.717) is 18.4 Å². The van der Waals surface area contributed by atoms with Gasteiger partial charge in [0.15, 0.2) is 0 Å². The highest BCUT2D eigenvalue weighted by Crippen LogP contribution is 2.33. The largest absolute Gasteiger partial charge is 0.465 e. The van der Waals surface area contributed by atoms with Crippen molar-refractivity contribution >= 4 is 5.97 Å². The monoisotopic (exact) mass is 186 g/mol. The van der Waals surface area contributed by atoms with Crippen LogP contribution in [0, 0.1) is 17.8 Å². The summed E-state index contributed by atoms with van der Waals surface area (Å²) in [5.41, 5.74) is 0. The molecule has 1 aliphatic rings. The van der Waals surface area contributed by atoms with E-state index in [9.17, 15) is 4.79 Å². The van der Waals surface area contributed by atoms with Crippen LogP contribution in [0.2, 0.25) is 0 Å². The minimum absolute atomic E-state index is 0.0485. The average Bonchev–Trinajstić information content (AvgIpc) is 2.03. The van der Waals surface area contributed by atoms with Crippen molar-refractivity contribution in [1.82, 2.24) is 0 Å². The lowest BCUT2D eigenvalue weighted by Gasteiger charge is -2.34. The minimum Gasteiger partial charge on any atom is -0.465 e. The van der Waals surface area contributed by atoms with Crippen molar-refractivity contribution in [3.8, 4) is 0 Å². The Hall–Kier alpha value is -0.570. The Labute approximate surface area is 79.1 Å². The fraction of sp³-hybridized carbons (Fsp3) is 0.900. The molecule has 0 heterocycles. The van der Waals surface area contributed by atoms with Gasteiger partial charge in [-0.2, -0.15) is 0 Å². The molecule has 13 heavy (non-hydrogen) atoms. The van der Waals surface area contributed by atoms with Gasteiger partial charge in [0.05, 0.1) is 12.5 Å². The third-order valence-electron chi connectivity index (χ3n) is 2.72. The topological polar surface area (TPSA) is 46.5 Å². The van der Waals surface area contributed by atoms with Crippen LogP contribution in [0.15, 0.2) is 0 Å². The van der Waals surface area contributed by atoms with Crippen molar-refractivity contribution in [3.05, 3.63) is 0 Å². The highest BCUT2D eigenvalue weighted by atomic mass is 16.5. The summed E-state index contributed by atoms with van der Waals surface area (Å²) in [5, 5.41) is 8.89. The van der Waals surface area contributed by atoms with Crippen molar-refractivity contribution in [2.24, 2.45) is 17.8 Å². The molecule has 2 atom stereocenters. The number of aliphatic hydroxyl groups excluding tert-OH is 1. The minimum atomic E-state index is -0.136. The smallest absolute Gasteiger partial charge is 0.308 e. The highest BCUT2D eigenvalue weighted by Gasteiger charge is 2.31. The van der Waals surface area contributed by atoms with Crippen LogP contribution in [0.25, 0.3) is 0 Å². The summed E-state index contributed by atoms with van der Waals surface area (Å²) >= 11 is 0. The molecule has 0 bridgehead atoms. The Kier molecular flexibility index (Phi) is 3.72. The van der Waals surface area contributed by atoms with E-state index in [0.717, 1.165) is 12.8 Å². The number of ether oxygens (including phenoxy) is 1. The van der Waals surface area contributed by atoms with Crippen LogP contribution >= 0.6 is 0 Å². The lowest BCUT2D eigenvalue weighted by molar-refractivity contribution is -0.151. The molecule has 1 N–H and O–H groups in total. The molecule has 1 saturated carbocycles. The molecule has 1 aliphatic carbocycles. The second kappa shape index (κ2) is 4.61. The number of rotatable bonds is 4. The van der Waals surface area contributed by atoms with E-state index in [2.05, 4.69) is 0 Å². The van der Waals surface area contributed by atoms with Crippen LogP contribution in [0.5, 0.6) is 0 Å². The van der Waals surface area contributed by atoms with Gasteiger partial charge >= 0.3 is 5.97 Å². The van der Waals surface area contributed by atoms with Gasteiger partial charge in [-0.3, -0.25) is 4.79 Å². The molecule has 3 heteroatoms. The van der Waals surface area contributed by atoms with Gasteiger partial charge < -0.3 is 9.84 Å². The van der Waals surface area contributed by atoms with Crippen LogP contribution in [-0.4, -0.2) is 24.3 Å². The lowest BCUT2D eigenvalue weighted by atomic mass is 9.75. The first-order chi connectivity index (χ1) is 6.15. The van der Waals surface area contributed by atoms with Gasteiger partial charge in [0.25, 0.3) is 0 Å². The van der Waals surface area contributed by atoms with Crippen molar-refractivity contribution in [3.63, 3.8) is 0 Å². The van der Waals surface area contributed by atoms with Gasteiger partial charge in [0.2, 0.25) is 0 Å². The Morgan fingerprint density at radius 1 is 1.46 bits per heavy atom. The molecule has 0 aliphatic heterocycles.